The van der Waals surface area contributed by atoms with E-state index < -0.39 is 6.04 Å². The molecule has 9 heteroatoms. The van der Waals surface area contributed by atoms with Crippen molar-refractivity contribution < 1.29 is 9.90 Å². The zero-order valence-electron chi connectivity index (χ0n) is 13.4. The Labute approximate surface area is 148 Å². The number of carbonyl (C=O) groups excluding carboxylic acids is 1. The van der Waals surface area contributed by atoms with E-state index in [-0.39, 0.29) is 17.7 Å². The maximum Gasteiger partial charge on any atom is 0.244 e. The van der Waals surface area contributed by atoms with E-state index in [9.17, 15) is 9.90 Å². The summed E-state index contributed by atoms with van der Waals surface area (Å²) < 4.78 is 0.841. The van der Waals surface area contributed by atoms with Gasteiger partial charge >= 0.3 is 0 Å². The van der Waals surface area contributed by atoms with Crippen LogP contribution in [-0.2, 0) is 4.79 Å². The summed E-state index contributed by atoms with van der Waals surface area (Å²) in [6, 6.07) is 4.93. The van der Waals surface area contributed by atoms with Crippen LogP contribution in [0.25, 0.3) is 0 Å². The van der Waals surface area contributed by atoms with Gasteiger partial charge in [-0.25, -0.2) is 10.9 Å². The number of nitrogens with zero attached hydrogens (tertiary/aromatic N) is 2. The maximum atomic E-state index is 12.4. The predicted octanol–water partition coefficient (Wildman–Crippen LogP) is 2.21. The molecule has 1 amide bonds. The predicted molar refractivity (Wildman–Crippen MR) is 95.2 cm³/mol. The molecule has 2 heterocycles. The molecule has 1 aromatic heterocycles. The van der Waals surface area contributed by atoms with Gasteiger partial charge in [0.15, 0.2) is 4.34 Å². The van der Waals surface area contributed by atoms with Crippen LogP contribution in [0.4, 0.5) is 5.13 Å². The van der Waals surface area contributed by atoms with Crippen molar-refractivity contribution in [3.63, 3.8) is 0 Å². The molecule has 1 aliphatic heterocycles. The van der Waals surface area contributed by atoms with E-state index in [0.29, 0.717) is 11.6 Å². The fourth-order valence-corrected chi connectivity index (χ4v) is 4.17. The number of phenols is 1. The molecule has 24 heavy (non-hydrogen) atoms. The summed E-state index contributed by atoms with van der Waals surface area (Å²) >= 11 is 2.96. The largest absolute Gasteiger partial charge is 0.508 e. The molecule has 7 nitrogen and oxygen atoms in total. The first-order valence-corrected chi connectivity index (χ1v) is 9.44. The minimum absolute atomic E-state index is 0.124. The summed E-state index contributed by atoms with van der Waals surface area (Å²) in [5, 5.41) is 21.3. The van der Waals surface area contributed by atoms with E-state index in [4.69, 9.17) is 0 Å². The Morgan fingerprint density at radius 2 is 2.29 bits per heavy atom. The summed E-state index contributed by atoms with van der Waals surface area (Å²) in [5.41, 5.74) is 7.91. The number of aryl methyl sites for hydroxylation is 1. The molecule has 1 aromatic carbocycles. The van der Waals surface area contributed by atoms with Gasteiger partial charge in [-0.15, -0.1) is 10.2 Å². The first-order valence-electron chi connectivity index (χ1n) is 7.64. The summed E-state index contributed by atoms with van der Waals surface area (Å²) in [7, 11) is 0. The van der Waals surface area contributed by atoms with Gasteiger partial charge < -0.3 is 5.11 Å². The van der Waals surface area contributed by atoms with Gasteiger partial charge in [0.05, 0.1) is 6.04 Å². The number of benzene rings is 1. The van der Waals surface area contributed by atoms with Crippen LogP contribution < -0.4 is 16.2 Å². The molecule has 0 radical (unpaired) electrons. The van der Waals surface area contributed by atoms with E-state index in [0.717, 1.165) is 21.2 Å². The van der Waals surface area contributed by atoms with Crippen LogP contribution in [0.1, 0.15) is 30.5 Å². The second-order valence-electron chi connectivity index (χ2n) is 5.49. The lowest BCUT2D eigenvalue weighted by molar-refractivity contribution is -0.117. The Morgan fingerprint density at radius 1 is 1.46 bits per heavy atom. The third-order valence-electron chi connectivity index (χ3n) is 3.68. The summed E-state index contributed by atoms with van der Waals surface area (Å²) in [5.74, 6) is 0.978. The third-order valence-corrected chi connectivity index (χ3v) is 5.54. The van der Waals surface area contributed by atoms with E-state index >= 15 is 0 Å². The van der Waals surface area contributed by atoms with Gasteiger partial charge in [0.2, 0.25) is 11.0 Å². The van der Waals surface area contributed by atoms with Gasteiger partial charge in [-0.3, -0.25) is 10.1 Å². The van der Waals surface area contributed by atoms with Crippen LogP contribution in [0.15, 0.2) is 22.5 Å². The highest BCUT2D eigenvalue weighted by Gasteiger charge is 2.32. The van der Waals surface area contributed by atoms with Gasteiger partial charge in [-0.05, 0) is 25.2 Å². The van der Waals surface area contributed by atoms with Gasteiger partial charge in [-0.2, -0.15) is 0 Å². The van der Waals surface area contributed by atoms with E-state index in [1.54, 1.807) is 17.8 Å². The number of aromatic nitrogens is 2. The Kier molecular flexibility index (Phi) is 5.34. The normalized spacial score (nSPS) is 20.2. The van der Waals surface area contributed by atoms with Gasteiger partial charge in [0, 0.05) is 5.56 Å². The zero-order valence-corrected chi connectivity index (χ0v) is 15.0. The fourth-order valence-electron chi connectivity index (χ4n) is 2.52. The number of anilines is 1. The summed E-state index contributed by atoms with van der Waals surface area (Å²) in [6.45, 7) is 4.01. The highest BCUT2D eigenvalue weighted by Crippen LogP contribution is 2.31. The molecular weight excluding hydrogens is 346 g/mol. The topological polar surface area (TPSA) is 99.2 Å². The van der Waals surface area contributed by atoms with Crippen LogP contribution >= 0.6 is 23.1 Å². The number of hydrogen-bond donors (Lipinski definition) is 4. The average molecular weight is 365 g/mol. The quantitative estimate of drug-likeness (QED) is 0.476. The van der Waals surface area contributed by atoms with Crippen LogP contribution in [0.5, 0.6) is 5.75 Å². The monoisotopic (exact) mass is 365 g/mol. The second-order valence-corrected chi connectivity index (χ2v) is 7.98. The number of aromatic hydroxyl groups is 1. The lowest BCUT2D eigenvalue weighted by Gasteiger charge is -2.12. The summed E-state index contributed by atoms with van der Waals surface area (Å²) in [6.07, 6.45) is 0.540. The standard InChI is InChI=1S/C15H19N5O2S2/c1-3-23-15-20-19-14(24-15)16-13(22)11-7-10(17-18-11)9-6-8(2)4-5-12(9)21/h4-6,10-11,17-18,21H,3,7H2,1-2H3,(H,16,19,22). The van der Waals surface area contributed by atoms with Crippen molar-refractivity contribution in [3.8, 4) is 5.75 Å². The molecule has 0 saturated carbocycles. The average Bonchev–Trinajstić information content (AvgIpc) is 3.20. The highest BCUT2D eigenvalue weighted by molar-refractivity contribution is 8.01. The van der Waals surface area contributed by atoms with Crippen LogP contribution in [0.2, 0.25) is 0 Å². The van der Waals surface area contributed by atoms with E-state index in [2.05, 4.69) is 26.4 Å². The smallest absolute Gasteiger partial charge is 0.244 e. The molecule has 4 N–H and O–H groups in total. The highest BCUT2D eigenvalue weighted by atomic mass is 32.2. The van der Waals surface area contributed by atoms with E-state index in [1.165, 1.54) is 11.3 Å². The lowest BCUT2D eigenvalue weighted by Crippen LogP contribution is -2.39. The SMILES string of the molecule is CCSc1nnc(NC(=O)C2CC(c3cc(C)ccc3O)NN2)s1. The molecule has 2 unspecified atom stereocenters. The van der Waals surface area contributed by atoms with Crippen molar-refractivity contribution >= 4 is 34.1 Å². The molecular formula is C15H19N5O2S2. The first-order chi connectivity index (χ1) is 11.6. The molecule has 2 atom stereocenters. The Balaban J connectivity index is 1.62. The molecule has 0 spiro atoms. The molecule has 1 saturated heterocycles. The van der Waals surface area contributed by atoms with Gasteiger partial charge in [0.1, 0.15) is 11.8 Å². The Bertz CT molecular complexity index is 736. The van der Waals surface area contributed by atoms with Crippen molar-refractivity contribution in [2.75, 3.05) is 11.1 Å². The number of thioether (sulfide) groups is 1. The van der Waals surface area contributed by atoms with Crippen molar-refractivity contribution in [2.24, 2.45) is 0 Å². The van der Waals surface area contributed by atoms with Crippen LogP contribution in [0, 0.1) is 6.92 Å². The van der Waals surface area contributed by atoms with Crippen molar-refractivity contribution in [2.45, 2.75) is 36.7 Å². The van der Waals surface area contributed by atoms with Gasteiger partial charge in [0.25, 0.3) is 0 Å². The zero-order chi connectivity index (χ0) is 17.1. The molecule has 128 valence electrons. The van der Waals surface area contributed by atoms with Crippen molar-refractivity contribution in [3.05, 3.63) is 29.3 Å². The molecule has 1 fully saturated rings. The molecule has 1 aliphatic rings. The van der Waals surface area contributed by atoms with Crippen molar-refractivity contribution in [1.29, 1.82) is 0 Å². The number of amides is 1. The van der Waals surface area contributed by atoms with Gasteiger partial charge in [-0.1, -0.05) is 47.7 Å². The fraction of sp³-hybridized carbons (Fsp3) is 0.400. The number of rotatable bonds is 5. The Morgan fingerprint density at radius 3 is 3.08 bits per heavy atom. The number of carbonyl (C=O) groups is 1. The van der Waals surface area contributed by atoms with E-state index in [1.807, 2.05) is 26.0 Å². The molecule has 0 bridgehead atoms. The minimum Gasteiger partial charge on any atom is -0.508 e. The maximum absolute atomic E-state index is 12.4. The second kappa shape index (κ2) is 7.47. The van der Waals surface area contributed by atoms with Crippen molar-refractivity contribution in [1.82, 2.24) is 21.0 Å². The lowest BCUT2D eigenvalue weighted by atomic mass is 9.99. The number of nitrogens with one attached hydrogen (secondary N) is 3. The Hall–Kier alpha value is -1.68. The first kappa shape index (κ1) is 17.2. The minimum atomic E-state index is -0.402. The van der Waals surface area contributed by atoms with Crippen LogP contribution in [0.3, 0.4) is 0 Å². The number of hydrogen-bond acceptors (Lipinski definition) is 8. The summed E-state index contributed by atoms with van der Waals surface area (Å²) in [4.78, 5) is 12.4. The number of hydrazine groups is 1. The molecule has 0 aliphatic carbocycles. The van der Waals surface area contributed by atoms with Crippen LogP contribution in [-0.4, -0.2) is 33.0 Å². The number of phenolic OH excluding ortho intramolecular Hbond substituents is 1. The molecule has 2 aromatic rings. The molecule has 3 rings (SSSR count). The third kappa shape index (κ3) is 3.86.